The molecule has 212 valence electrons. The van der Waals surface area contributed by atoms with Crippen molar-refractivity contribution in [2.24, 2.45) is 10.4 Å². The number of fused-ring (bicyclic) bond motifs is 2. The molecule has 2 aliphatic heterocycles. The van der Waals surface area contributed by atoms with Gasteiger partial charge in [0.1, 0.15) is 11.7 Å². The number of aliphatic imine (C=N–C) groups is 1. The number of rotatable bonds is 4. The van der Waals surface area contributed by atoms with E-state index in [9.17, 15) is 0 Å². The molecular formula is C35H35N3O2Pt. The second-order valence-corrected chi connectivity index (χ2v) is 12.4. The van der Waals surface area contributed by atoms with Crippen LogP contribution >= 0.6 is 0 Å². The van der Waals surface area contributed by atoms with Gasteiger partial charge >= 0.3 is 21.1 Å². The van der Waals surface area contributed by atoms with Crippen LogP contribution in [-0.2, 0) is 31.2 Å². The first kappa shape index (κ1) is 29.1. The van der Waals surface area contributed by atoms with Crippen molar-refractivity contribution in [1.82, 2.24) is 4.98 Å². The number of aryl methyl sites for hydroxylation is 2. The van der Waals surface area contributed by atoms with E-state index in [1.165, 1.54) is 11.1 Å². The van der Waals surface area contributed by atoms with Gasteiger partial charge in [-0.2, -0.15) is 5.56 Å². The Morgan fingerprint density at radius 1 is 0.927 bits per heavy atom. The first-order valence-corrected chi connectivity index (χ1v) is 13.8. The number of pyridine rings is 1. The van der Waals surface area contributed by atoms with Gasteiger partial charge in [0, 0.05) is 34.4 Å². The Bertz CT molecular complexity index is 1590. The Balaban J connectivity index is 0.00000337. The van der Waals surface area contributed by atoms with Crippen molar-refractivity contribution < 1.29 is 30.5 Å². The fourth-order valence-electron chi connectivity index (χ4n) is 5.54. The molecule has 0 fully saturated rings. The molecule has 1 atom stereocenters. The molecule has 6 rings (SSSR count). The van der Waals surface area contributed by atoms with Crippen molar-refractivity contribution >= 4 is 23.1 Å². The molecule has 0 amide bonds. The number of hydrogen-bond acceptors (Lipinski definition) is 5. The topological polar surface area (TPSA) is 47.0 Å². The average Bonchev–Trinajstić information content (AvgIpc) is 3.40. The predicted octanol–water partition coefficient (Wildman–Crippen LogP) is 8.39. The molecule has 4 aromatic rings. The maximum Gasteiger partial charge on any atom is 2.00 e. The third kappa shape index (κ3) is 5.45. The van der Waals surface area contributed by atoms with Gasteiger partial charge in [-0.3, -0.25) is 4.99 Å². The second-order valence-electron chi connectivity index (χ2n) is 12.4. The molecule has 3 aromatic carbocycles. The average molecular weight is 725 g/mol. The molecular weight excluding hydrogens is 689 g/mol. The number of benzene rings is 3. The van der Waals surface area contributed by atoms with Crippen molar-refractivity contribution in [3.05, 3.63) is 107 Å². The molecule has 0 radical (unpaired) electrons. The van der Waals surface area contributed by atoms with Crippen LogP contribution < -0.4 is 9.64 Å². The smallest absolute Gasteiger partial charge is 0.518 e. The standard InChI is InChI=1S/C35H35N3O2.Pt/c1-22-15-24(33-37-31(21-39-33)34(3,4)5)19-26(17-22)40-27-18-23(2)16-25(20-27)38-30-13-9-8-11-28(30)35(6,7)29-12-10-14-36-32(29)38;/h8-18,31H,21H2,1-7H3;/q-2;+2/t31-;/m0./s1. The number of hydrogen-bond donors (Lipinski definition) is 0. The van der Waals surface area contributed by atoms with Crippen molar-refractivity contribution in [1.29, 1.82) is 0 Å². The first-order chi connectivity index (χ1) is 19.0. The zero-order chi connectivity index (χ0) is 28.2. The quantitative estimate of drug-likeness (QED) is 0.199. The molecule has 2 aliphatic rings. The molecule has 0 saturated carbocycles. The third-order valence-electron chi connectivity index (χ3n) is 7.80. The van der Waals surface area contributed by atoms with E-state index in [-0.39, 0.29) is 37.9 Å². The van der Waals surface area contributed by atoms with Gasteiger partial charge in [-0.05, 0) is 23.1 Å². The number of para-hydroxylation sites is 1. The summed E-state index contributed by atoms with van der Waals surface area (Å²) in [4.78, 5) is 11.9. The normalized spacial score (nSPS) is 17.1. The summed E-state index contributed by atoms with van der Waals surface area (Å²) in [5, 5.41) is 0. The maximum absolute atomic E-state index is 6.41. The summed E-state index contributed by atoms with van der Waals surface area (Å²) in [6.07, 6.45) is 1.85. The molecule has 0 aliphatic carbocycles. The van der Waals surface area contributed by atoms with E-state index in [0.717, 1.165) is 33.9 Å². The Kier molecular flexibility index (Phi) is 7.63. The maximum atomic E-state index is 6.41. The van der Waals surface area contributed by atoms with Crippen molar-refractivity contribution in [2.75, 3.05) is 11.5 Å². The molecule has 0 bridgehead atoms. The van der Waals surface area contributed by atoms with Crippen LogP contribution in [0.25, 0.3) is 0 Å². The van der Waals surface area contributed by atoms with Crippen LogP contribution in [0.1, 0.15) is 62.4 Å². The Morgan fingerprint density at radius 3 is 2.34 bits per heavy atom. The minimum absolute atomic E-state index is 0. The summed E-state index contributed by atoms with van der Waals surface area (Å²) in [5.74, 6) is 2.75. The molecule has 3 heterocycles. The Morgan fingerprint density at radius 2 is 1.61 bits per heavy atom. The zero-order valence-corrected chi connectivity index (χ0v) is 26.9. The molecule has 0 unspecified atom stereocenters. The summed E-state index contributed by atoms with van der Waals surface area (Å²) in [6, 6.07) is 27.9. The fraction of sp³-hybridized carbons (Fsp3) is 0.314. The largest absolute Gasteiger partial charge is 2.00 e. The van der Waals surface area contributed by atoms with E-state index in [1.807, 2.05) is 37.4 Å². The number of ether oxygens (including phenoxy) is 2. The van der Waals surface area contributed by atoms with Gasteiger partial charge in [-0.25, -0.2) is 4.98 Å². The van der Waals surface area contributed by atoms with Crippen LogP contribution in [-0.4, -0.2) is 23.5 Å². The number of nitrogens with zero attached hydrogens (tertiary/aromatic N) is 3. The van der Waals surface area contributed by atoms with Gasteiger partial charge in [0.2, 0.25) is 0 Å². The summed E-state index contributed by atoms with van der Waals surface area (Å²) in [5.41, 5.74) is 7.17. The molecule has 41 heavy (non-hydrogen) atoms. The molecule has 1 aromatic heterocycles. The first-order valence-electron chi connectivity index (χ1n) is 13.8. The van der Waals surface area contributed by atoms with E-state index in [1.54, 1.807) is 0 Å². The second kappa shape index (κ2) is 10.8. The van der Waals surface area contributed by atoms with Crippen LogP contribution in [0.5, 0.6) is 11.5 Å². The molecule has 0 saturated heterocycles. The zero-order valence-electron chi connectivity index (χ0n) is 24.6. The minimum atomic E-state index is -0.177. The monoisotopic (exact) mass is 724 g/mol. The van der Waals surface area contributed by atoms with Crippen molar-refractivity contribution in [3.63, 3.8) is 0 Å². The fourth-order valence-corrected chi connectivity index (χ4v) is 5.54. The van der Waals surface area contributed by atoms with Gasteiger partial charge in [-0.1, -0.05) is 96.1 Å². The van der Waals surface area contributed by atoms with Crippen LogP contribution in [0, 0.1) is 31.4 Å². The van der Waals surface area contributed by atoms with E-state index in [2.05, 4.69) is 95.0 Å². The van der Waals surface area contributed by atoms with Crippen LogP contribution in [0.15, 0.2) is 71.9 Å². The van der Waals surface area contributed by atoms with Crippen LogP contribution in [0.3, 0.4) is 0 Å². The van der Waals surface area contributed by atoms with E-state index < -0.39 is 0 Å². The Hall–Kier alpha value is -3.43. The van der Waals surface area contributed by atoms with Crippen molar-refractivity contribution in [2.45, 2.75) is 59.9 Å². The number of anilines is 3. The van der Waals surface area contributed by atoms with Gasteiger partial charge < -0.3 is 14.4 Å². The summed E-state index contributed by atoms with van der Waals surface area (Å²) < 4.78 is 12.4. The Labute approximate surface area is 257 Å². The minimum Gasteiger partial charge on any atom is -0.518 e. The number of aromatic nitrogens is 1. The van der Waals surface area contributed by atoms with E-state index in [0.29, 0.717) is 24.0 Å². The predicted molar refractivity (Wildman–Crippen MR) is 160 cm³/mol. The van der Waals surface area contributed by atoms with Crippen LogP contribution in [0.4, 0.5) is 17.2 Å². The van der Waals surface area contributed by atoms with Gasteiger partial charge in [0.05, 0.1) is 12.6 Å². The summed E-state index contributed by atoms with van der Waals surface area (Å²) >= 11 is 0. The van der Waals surface area contributed by atoms with E-state index in [4.69, 9.17) is 19.5 Å². The molecule has 0 N–H and O–H groups in total. The van der Waals surface area contributed by atoms with Gasteiger partial charge in [-0.15, -0.1) is 29.8 Å². The molecule has 0 spiro atoms. The molecule has 6 heteroatoms. The van der Waals surface area contributed by atoms with Gasteiger partial charge in [0.15, 0.2) is 0 Å². The van der Waals surface area contributed by atoms with Crippen LogP contribution in [0.2, 0.25) is 0 Å². The van der Waals surface area contributed by atoms with Gasteiger partial charge in [0.25, 0.3) is 0 Å². The van der Waals surface area contributed by atoms with Crippen molar-refractivity contribution in [3.8, 4) is 11.5 Å². The summed E-state index contributed by atoms with van der Waals surface area (Å²) in [7, 11) is 0. The SMILES string of the molecule is Cc1cc(Oc2[c-]c(N3c4ccccc4C(C)(C)c4cccnc43)cc(C)c2)[c-]c(C2=N[C@H](C(C)(C)C)CO2)c1.[Pt+2]. The summed E-state index contributed by atoms with van der Waals surface area (Å²) in [6.45, 7) is 15.8. The van der Waals surface area contributed by atoms with E-state index >= 15 is 0 Å². The third-order valence-corrected chi connectivity index (χ3v) is 7.80. The molecule has 5 nitrogen and oxygen atoms in total.